The van der Waals surface area contributed by atoms with Crippen LogP contribution < -0.4 is 0 Å². The van der Waals surface area contributed by atoms with Gasteiger partial charge in [0.2, 0.25) is 0 Å². The van der Waals surface area contributed by atoms with Gasteiger partial charge in [-0.05, 0) is 19.2 Å². The Morgan fingerprint density at radius 3 is 2.67 bits per heavy atom. The zero-order valence-corrected chi connectivity index (χ0v) is 7.22. The molecule has 1 atom stereocenters. The molecule has 0 aliphatic carbocycles. The molecule has 0 heterocycles. The van der Waals surface area contributed by atoms with Crippen molar-refractivity contribution in [3.8, 4) is 0 Å². The molecule has 0 aliphatic rings. The number of allylic oxidation sites excluding steroid dienone is 4. The third kappa shape index (κ3) is 7.91. The number of hydrogen-bond donors (Lipinski definition) is 0. The van der Waals surface area contributed by atoms with Gasteiger partial charge < -0.3 is 0 Å². The van der Waals surface area contributed by atoms with Crippen LogP contribution in [0.2, 0.25) is 0 Å². The second-order valence-electron chi connectivity index (χ2n) is 1.76. The van der Waals surface area contributed by atoms with E-state index in [-0.39, 0.29) is 0 Å². The zero-order chi connectivity index (χ0) is 6.95. The van der Waals surface area contributed by atoms with Crippen molar-refractivity contribution in [1.29, 1.82) is 0 Å². The molecule has 0 nitrogen and oxygen atoms in total. The van der Waals surface area contributed by atoms with E-state index in [1.807, 2.05) is 13.0 Å². The normalized spacial score (nSPS) is 13.1. The summed E-state index contributed by atoms with van der Waals surface area (Å²) in [4.78, 5) is 0. The van der Waals surface area contributed by atoms with Crippen LogP contribution in [-0.4, -0.2) is 12.3 Å². The molecular formula is C8H15P. The summed E-state index contributed by atoms with van der Waals surface area (Å²) in [6, 6.07) is 0. The molecule has 0 bridgehead atoms. The van der Waals surface area contributed by atoms with E-state index in [9.17, 15) is 0 Å². The van der Waals surface area contributed by atoms with E-state index in [2.05, 4.69) is 25.2 Å². The van der Waals surface area contributed by atoms with Crippen LogP contribution in [0, 0.1) is 0 Å². The van der Waals surface area contributed by atoms with Gasteiger partial charge in [0.15, 0.2) is 0 Å². The Balaban J connectivity index is 3.04. The summed E-state index contributed by atoms with van der Waals surface area (Å²) < 4.78 is 0. The van der Waals surface area contributed by atoms with E-state index in [0.717, 1.165) is 8.58 Å². The third-order valence-corrected chi connectivity index (χ3v) is 1.98. The molecule has 0 N–H and O–H groups in total. The fourth-order valence-electron chi connectivity index (χ4n) is 0.485. The van der Waals surface area contributed by atoms with Gasteiger partial charge in [-0.3, -0.25) is 0 Å². The van der Waals surface area contributed by atoms with Crippen molar-refractivity contribution in [1.82, 2.24) is 0 Å². The highest BCUT2D eigenvalue weighted by molar-refractivity contribution is 7.38. The summed E-state index contributed by atoms with van der Waals surface area (Å²) >= 11 is 0. The molecule has 0 radical (unpaired) electrons. The lowest BCUT2D eigenvalue weighted by atomic mass is 10.5. The molecule has 9 heavy (non-hydrogen) atoms. The summed E-state index contributed by atoms with van der Waals surface area (Å²) in [5, 5.41) is 0. The second kappa shape index (κ2) is 7.91. The van der Waals surface area contributed by atoms with Crippen molar-refractivity contribution < 1.29 is 0 Å². The van der Waals surface area contributed by atoms with Gasteiger partial charge in [0.05, 0.1) is 0 Å². The second-order valence-corrected chi connectivity index (χ2v) is 3.38. The zero-order valence-electron chi connectivity index (χ0n) is 6.22. The summed E-state index contributed by atoms with van der Waals surface area (Å²) in [5.74, 6) is 0. The molecule has 0 aromatic carbocycles. The molecule has 0 saturated carbocycles. The van der Waals surface area contributed by atoms with Crippen molar-refractivity contribution in [2.24, 2.45) is 0 Å². The maximum atomic E-state index is 2.22. The van der Waals surface area contributed by atoms with E-state index >= 15 is 0 Å². The fourth-order valence-corrected chi connectivity index (χ4v) is 1.08. The molecule has 0 aromatic rings. The Kier molecular flexibility index (Phi) is 7.83. The van der Waals surface area contributed by atoms with Crippen molar-refractivity contribution in [2.75, 3.05) is 12.3 Å². The molecule has 0 spiro atoms. The topological polar surface area (TPSA) is 0 Å². The Morgan fingerprint density at radius 1 is 1.33 bits per heavy atom. The number of hydrogen-bond acceptors (Lipinski definition) is 0. The Labute approximate surface area is 59.8 Å². The SMILES string of the molecule is C/C=C/C=C/CPCC. The monoisotopic (exact) mass is 142 g/mol. The van der Waals surface area contributed by atoms with Crippen molar-refractivity contribution in [3.63, 3.8) is 0 Å². The van der Waals surface area contributed by atoms with Crippen molar-refractivity contribution in [3.05, 3.63) is 24.3 Å². The van der Waals surface area contributed by atoms with Gasteiger partial charge in [-0.1, -0.05) is 31.2 Å². The van der Waals surface area contributed by atoms with Crippen LogP contribution >= 0.6 is 8.58 Å². The first-order valence-corrected chi connectivity index (χ1v) is 4.81. The van der Waals surface area contributed by atoms with Gasteiger partial charge in [-0.15, -0.1) is 8.58 Å². The highest BCUT2D eigenvalue weighted by atomic mass is 31.1. The van der Waals surface area contributed by atoms with Crippen LogP contribution in [-0.2, 0) is 0 Å². The van der Waals surface area contributed by atoms with Gasteiger partial charge in [0.1, 0.15) is 0 Å². The van der Waals surface area contributed by atoms with E-state index in [4.69, 9.17) is 0 Å². The van der Waals surface area contributed by atoms with E-state index in [0.29, 0.717) is 0 Å². The minimum absolute atomic E-state index is 1.11. The predicted molar refractivity (Wildman–Crippen MR) is 47.7 cm³/mol. The van der Waals surface area contributed by atoms with Gasteiger partial charge >= 0.3 is 0 Å². The standard InChI is InChI=1S/C8H15P/c1-3-5-6-7-8-9-4-2/h3,5-7,9H,4,8H2,1-2H3/b5-3+,7-6+. The molecular weight excluding hydrogens is 127 g/mol. The fraction of sp³-hybridized carbons (Fsp3) is 0.500. The van der Waals surface area contributed by atoms with Crippen LogP contribution in [0.25, 0.3) is 0 Å². The lowest BCUT2D eigenvalue weighted by molar-refractivity contribution is 1.50. The Morgan fingerprint density at radius 2 is 2.11 bits per heavy atom. The maximum absolute atomic E-state index is 2.22. The summed E-state index contributed by atoms with van der Waals surface area (Å²) in [6.45, 7) is 4.26. The minimum Gasteiger partial charge on any atom is -0.118 e. The van der Waals surface area contributed by atoms with Crippen LogP contribution in [0.15, 0.2) is 24.3 Å². The predicted octanol–water partition coefficient (Wildman–Crippen LogP) is 2.82. The number of rotatable bonds is 4. The summed E-state index contributed by atoms with van der Waals surface area (Å²) in [5.41, 5.74) is 0. The van der Waals surface area contributed by atoms with Gasteiger partial charge in [0, 0.05) is 0 Å². The minimum atomic E-state index is 1.11. The van der Waals surface area contributed by atoms with Crippen LogP contribution in [0.5, 0.6) is 0 Å². The summed E-state index contributed by atoms with van der Waals surface area (Å²) in [6.07, 6.45) is 11.0. The Bertz CT molecular complexity index is 92.7. The third-order valence-electron chi connectivity index (χ3n) is 0.952. The van der Waals surface area contributed by atoms with E-state index in [1.165, 1.54) is 12.3 Å². The van der Waals surface area contributed by atoms with Crippen LogP contribution in [0.3, 0.4) is 0 Å². The van der Waals surface area contributed by atoms with E-state index < -0.39 is 0 Å². The van der Waals surface area contributed by atoms with Gasteiger partial charge in [-0.2, -0.15) is 0 Å². The smallest absolute Gasteiger partial charge is 0.0169 e. The largest absolute Gasteiger partial charge is 0.118 e. The molecule has 0 aliphatic heterocycles. The van der Waals surface area contributed by atoms with Crippen LogP contribution in [0.4, 0.5) is 0 Å². The summed E-state index contributed by atoms with van der Waals surface area (Å²) in [7, 11) is 1.11. The quantitative estimate of drug-likeness (QED) is 0.321. The average Bonchev–Trinajstić information content (AvgIpc) is 1.89. The molecule has 0 fully saturated rings. The van der Waals surface area contributed by atoms with E-state index in [1.54, 1.807) is 0 Å². The van der Waals surface area contributed by atoms with Gasteiger partial charge in [0.25, 0.3) is 0 Å². The lowest BCUT2D eigenvalue weighted by Gasteiger charge is -1.85. The highest BCUT2D eigenvalue weighted by Gasteiger charge is 1.73. The molecule has 1 heteroatoms. The lowest BCUT2D eigenvalue weighted by Crippen LogP contribution is -1.65. The molecule has 1 unspecified atom stereocenters. The maximum Gasteiger partial charge on any atom is -0.0169 e. The van der Waals surface area contributed by atoms with Crippen LogP contribution in [0.1, 0.15) is 13.8 Å². The van der Waals surface area contributed by atoms with Crippen molar-refractivity contribution in [2.45, 2.75) is 13.8 Å². The van der Waals surface area contributed by atoms with Gasteiger partial charge in [-0.25, -0.2) is 0 Å². The molecule has 0 amide bonds. The average molecular weight is 142 g/mol. The molecule has 0 rings (SSSR count). The first-order valence-electron chi connectivity index (χ1n) is 3.40. The molecule has 52 valence electrons. The molecule has 0 aromatic heterocycles. The molecule has 0 saturated heterocycles. The first kappa shape index (κ1) is 8.91. The van der Waals surface area contributed by atoms with Crippen molar-refractivity contribution >= 4 is 8.58 Å². The highest BCUT2D eigenvalue weighted by Crippen LogP contribution is 2.06. The Hall–Kier alpha value is -0.0900. The first-order chi connectivity index (χ1) is 4.41.